The van der Waals surface area contributed by atoms with Gasteiger partial charge in [-0.15, -0.1) is 12.4 Å². The van der Waals surface area contributed by atoms with Gasteiger partial charge in [-0.25, -0.2) is 0 Å². The molecule has 1 aromatic heterocycles. The Morgan fingerprint density at radius 2 is 1.74 bits per heavy atom. The van der Waals surface area contributed by atoms with Crippen molar-refractivity contribution in [3.8, 4) is 34.3 Å². The summed E-state index contributed by atoms with van der Waals surface area (Å²) in [5.41, 5.74) is -0.343. The lowest BCUT2D eigenvalue weighted by Gasteiger charge is -2.28. The predicted octanol–water partition coefficient (Wildman–Crippen LogP) is 2.26. The monoisotopic (exact) mass is 627 g/mol. The fraction of sp³-hybridized carbons (Fsp3) is 0.483. The van der Waals surface area contributed by atoms with E-state index in [2.05, 4.69) is 4.90 Å². The molecule has 6 N–H and O–H groups in total. The van der Waals surface area contributed by atoms with Gasteiger partial charge in [-0.2, -0.15) is 0 Å². The molecule has 3 aromatic rings. The molecule has 5 rings (SSSR count). The van der Waals surface area contributed by atoms with Crippen molar-refractivity contribution < 1.29 is 54.0 Å². The van der Waals surface area contributed by atoms with Gasteiger partial charge in [0.2, 0.25) is 11.2 Å². The van der Waals surface area contributed by atoms with E-state index in [1.807, 2.05) is 27.9 Å². The summed E-state index contributed by atoms with van der Waals surface area (Å²) in [4.78, 5) is 14.2. The summed E-state index contributed by atoms with van der Waals surface area (Å²) in [5, 5.41) is 57.3. The summed E-state index contributed by atoms with van der Waals surface area (Å²) in [6.07, 6.45) is -2.17. The number of fused-ring (bicyclic) bond motifs is 2. The highest BCUT2D eigenvalue weighted by atomic mass is 35.5. The van der Waals surface area contributed by atoms with Gasteiger partial charge in [0, 0.05) is 18.2 Å². The molecule has 2 aliphatic rings. The first-order chi connectivity index (χ1) is 19.8. The summed E-state index contributed by atoms with van der Waals surface area (Å²) in [7, 11) is 4.01. The van der Waals surface area contributed by atoms with Crippen LogP contribution in [0.3, 0.4) is 0 Å². The van der Waals surface area contributed by atoms with E-state index in [9.17, 15) is 30.3 Å². The zero-order valence-corrected chi connectivity index (χ0v) is 25.0. The minimum absolute atomic E-state index is 0. The molecular weight excluding hydrogens is 590 g/mol. The number of phenols is 3. The molecule has 43 heavy (non-hydrogen) atoms. The van der Waals surface area contributed by atoms with Crippen LogP contribution in [0.4, 0.5) is 0 Å². The first kappa shape index (κ1) is 34.4. The van der Waals surface area contributed by atoms with Crippen molar-refractivity contribution in [1.29, 1.82) is 0 Å². The van der Waals surface area contributed by atoms with Gasteiger partial charge in [0.15, 0.2) is 29.3 Å². The molecule has 5 unspecified atom stereocenters. The van der Waals surface area contributed by atoms with Gasteiger partial charge in [-0.1, -0.05) is 0 Å². The van der Waals surface area contributed by atoms with E-state index in [0.29, 0.717) is 6.61 Å². The van der Waals surface area contributed by atoms with Crippen LogP contribution in [-0.2, 0) is 18.9 Å². The predicted molar refractivity (Wildman–Crippen MR) is 157 cm³/mol. The van der Waals surface area contributed by atoms with Crippen molar-refractivity contribution in [2.24, 2.45) is 0 Å². The van der Waals surface area contributed by atoms with E-state index in [1.54, 1.807) is 0 Å². The Balaban J connectivity index is 0.000000230. The lowest BCUT2D eigenvalue weighted by Crippen LogP contribution is -2.44. The molecule has 3 heterocycles. The average molecular weight is 628 g/mol. The molecule has 5 atom stereocenters. The van der Waals surface area contributed by atoms with E-state index in [1.165, 1.54) is 30.3 Å². The third-order valence-electron chi connectivity index (χ3n) is 6.74. The highest BCUT2D eigenvalue weighted by molar-refractivity contribution is 5.85. The number of ether oxygens (including phenoxy) is 4. The molecule has 0 saturated carbocycles. The average Bonchev–Trinajstić information content (AvgIpc) is 3.41. The maximum absolute atomic E-state index is 12.1. The maximum Gasteiger partial charge on any atom is 0.235 e. The summed E-state index contributed by atoms with van der Waals surface area (Å²) >= 11 is 0. The third-order valence-corrected chi connectivity index (χ3v) is 6.74. The topological polar surface area (TPSA) is 192 Å². The van der Waals surface area contributed by atoms with Crippen LogP contribution in [0.1, 0.15) is 20.3 Å². The molecule has 2 aliphatic heterocycles. The number of nitrogens with zero attached hydrogens (tertiary/aromatic N) is 1. The largest absolute Gasteiger partial charge is 0.508 e. The van der Waals surface area contributed by atoms with Gasteiger partial charge in [-0.05, 0) is 71.2 Å². The Labute approximate surface area is 253 Å². The van der Waals surface area contributed by atoms with Gasteiger partial charge >= 0.3 is 0 Å². The van der Waals surface area contributed by atoms with Gasteiger partial charge in [-0.3, -0.25) is 4.79 Å². The molecule has 2 aromatic carbocycles. The highest BCUT2D eigenvalue weighted by Gasteiger charge is 2.56. The SMILES string of the molecule is CN(C)CCCOC1C(C(O)CO)OC2OC(C)(C)OC21.Cl.O=c1c(O)c(-c2ccc(O)c(O)c2)oc2cc(O)ccc12. The number of aliphatic hydroxyl groups is 2. The van der Waals surface area contributed by atoms with Gasteiger partial charge in [0.1, 0.15) is 35.7 Å². The number of aliphatic hydroxyl groups excluding tert-OH is 2. The van der Waals surface area contributed by atoms with Crippen molar-refractivity contribution in [2.75, 3.05) is 33.9 Å². The van der Waals surface area contributed by atoms with Crippen LogP contribution < -0.4 is 5.43 Å². The summed E-state index contributed by atoms with van der Waals surface area (Å²) in [5.74, 6) is -2.33. The summed E-state index contributed by atoms with van der Waals surface area (Å²) in [6.45, 7) is 4.70. The van der Waals surface area contributed by atoms with E-state index in [-0.39, 0.29) is 58.9 Å². The summed E-state index contributed by atoms with van der Waals surface area (Å²) < 4.78 is 28.4. The Morgan fingerprint density at radius 3 is 2.40 bits per heavy atom. The first-order valence-corrected chi connectivity index (χ1v) is 13.4. The third kappa shape index (κ3) is 7.88. The standard InChI is InChI=1S/C15H10O6.C14H27NO6.ClH/c16-8-2-3-9-12(6-8)21-15(14(20)13(9)19)7-1-4-10(17)11(18)5-7;1-14(2)20-12-11(18-7-5-6-15(3)4)10(9(17)8-16)19-13(12)21-14;/h1-6,16-18,20H;9-13,16-17H,5-8H2,1-4H3;1H. The molecule has 13 nitrogen and oxygen atoms in total. The van der Waals surface area contributed by atoms with E-state index < -0.39 is 47.3 Å². The van der Waals surface area contributed by atoms with Crippen LogP contribution in [0.5, 0.6) is 23.0 Å². The van der Waals surface area contributed by atoms with Crippen molar-refractivity contribution in [1.82, 2.24) is 4.90 Å². The Morgan fingerprint density at radius 1 is 1.02 bits per heavy atom. The lowest BCUT2D eigenvalue weighted by atomic mass is 10.1. The second-order valence-corrected chi connectivity index (χ2v) is 10.8. The van der Waals surface area contributed by atoms with Crippen LogP contribution in [-0.4, -0.2) is 106 Å². The molecule has 0 spiro atoms. The van der Waals surface area contributed by atoms with Gasteiger partial charge in [0.25, 0.3) is 0 Å². The zero-order chi connectivity index (χ0) is 30.8. The van der Waals surface area contributed by atoms with Crippen molar-refractivity contribution >= 4 is 23.4 Å². The number of halogens is 1. The molecule has 2 saturated heterocycles. The lowest BCUT2D eigenvalue weighted by molar-refractivity contribution is -0.231. The van der Waals surface area contributed by atoms with Crippen molar-refractivity contribution in [2.45, 2.75) is 56.8 Å². The second kappa shape index (κ2) is 14.1. The number of rotatable bonds is 8. The zero-order valence-electron chi connectivity index (χ0n) is 24.2. The van der Waals surface area contributed by atoms with E-state index >= 15 is 0 Å². The van der Waals surface area contributed by atoms with E-state index in [0.717, 1.165) is 19.0 Å². The smallest absolute Gasteiger partial charge is 0.235 e. The fourth-order valence-electron chi connectivity index (χ4n) is 4.74. The van der Waals surface area contributed by atoms with Crippen molar-refractivity contribution in [3.05, 3.63) is 46.6 Å². The number of hydrogen-bond donors (Lipinski definition) is 6. The van der Waals surface area contributed by atoms with Crippen LogP contribution in [0, 0.1) is 0 Å². The maximum atomic E-state index is 12.1. The molecule has 14 heteroatoms. The van der Waals surface area contributed by atoms with Crippen LogP contribution in [0.25, 0.3) is 22.3 Å². The molecule has 0 radical (unpaired) electrons. The number of benzene rings is 2. The number of phenolic OH excluding ortho intramolecular Hbond substituents is 3. The van der Waals surface area contributed by atoms with Gasteiger partial charge in [0.05, 0.1) is 12.0 Å². The minimum atomic E-state index is -1.01. The first-order valence-electron chi connectivity index (χ1n) is 13.4. The van der Waals surface area contributed by atoms with Crippen LogP contribution >= 0.6 is 12.4 Å². The van der Waals surface area contributed by atoms with Gasteiger partial charge < -0.3 is 58.9 Å². The van der Waals surface area contributed by atoms with Crippen molar-refractivity contribution in [3.63, 3.8) is 0 Å². The molecule has 0 amide bonds. The Bertz CT molecular complexity index is 1440. The van der Waals surface area contributed by atoms with Crippen LogP contribution in [0.15, 0.2) is 45.6 Å². The molecular formula is C29H38ClNO12. The molecule has 0 bridgehead atoms. The Kier molecular flexibility index (Phi) is 11.3. The normalized spacial score (nSPS) is 23.0. The molecule has 238 valence electrons. The second-order valence-electron chi connectivity index (χ2n) is 10.8. The number of hydrogen-bond acceptors (Lipinski definition) is 13. The Hall–Kier alpha value is -3.14. The molecule has 2 fully saturated rings. The highest BCUT2D eigenvalue weighted by Crippen LogP contribution is 2.40. The quantitative estimate of drug-likeness (QED) is 0.158. The summed E-state index contributed by atoms with van der Waals surface area (Å²) in [6, 6.07) is 7.64. The minimum Gasteiger partial charge on any atom is -0.508 e. The fourth-order valence-corrected chi connectivity index (χ4v) is 4.74. The van der Waals surface area contributed by atoms with E-state index in [4.69, 9.17) is 28.5 Å². The van der Waals surface area contributed by atoms with Crippen LogP contribution in [0.2, 0.25) is 0 Å². The number of aromatic hydroxyl groups is 4. The molecule has 0 aliphatic carbocycles.